The van der Waals surface area contributed by atoms with Gasteiger partial charge in [0.1, 0.15) is 5.82 Å². The van der Waals surface area contributed by atoms with Crippen LogP contribution < -0.4 is 10.6 Å². The quantitative estimate of drug-likeness (QED) is 0.326. The summed E-state index contributed by atoms with van der Waals surface area (Å²) in [5, 5.41) is 6.85. The maximum Gasteiger partial charge on any atom is 0.191 e. The number of nitrogens with one attached hydrogen (secondary N) is 2. The van der Waals surface area contributed by atoms with E-state index in [2.05, 4.69) is 48.3 Å². The summed E-state index contributed by atoms with van der Waals surface area (Å²) in [6, 6.07) is 6.68. The maximum atomic E-state index is 13.0. The van der Waals surface area contributed by atoms with Crippen LogP contribution in [0, 0.1) is 17.2 Å². The first-order valence-electron chi connectivity index (χ1n) is 10.3. The summed E-state index contributed by atoms with van der Waals surface area (Å²) in [4.78, 5) is 6.55. The van der Waals surface area contributed by atoms with E-state index >= 15 is 0 Å². The van der Waals surface area contributed by atoms with Crippen molar-refractivity contribution in [3.05, 3.63) is 35.6 Å². The number of ether oxygens (including phenoxy) is 1. The van der Waals surface area contributed by atoms with Crippen LogP contribution in [0.1, 0.15) is 39.2 Å². The first-order valence-corrected chi connectivity index (χ1v) is 10.3. The SMILES string of the molecule is CN=C(NCCN(C)Cc1ccc(F)cc1)NCC1CCCOC1C(C)(C)C.I. The minimum absolute atomic E-state index is 0. The fourth-order valence-electron chi connectivity index (χ4n) is 3.80. The molecule has 2 rings (SSSR count). The number of nitrogens with zero attached hydrogens (tertiary/aromatic N) is 2. The molecule has 1 saturated heterocycles. The molecule has 0 spiro atoms. The second kappa shape index (κ2) is 12.7. The van der Waals surface area contributed by atoms with E-state index in [4.69, 9.17) is 4.74 Å². The number of hydrogen-bond acceptors (Lipinski definition) is 3. The van der Waals surface area contributed by atoms with Crippen molar-refractivity contribution in [1.29, 1.82) is 0 Å². The van der Waals surface area contributed by atoms with Crippen LogP contribution in [0.4, 0.5) is 4.39 Å². The highest BCUT2D eigenvalue weighted by molar-refractivity contribution is 14.0. The molecule has 0 aliphatic carbocycles. The highest BCUT2D eigenvalue weighted by Gasteiger charge is 2.35. The molecule has 1 aliphatic rings. The van der Waals surface area contributed by atoms with Crippen molar-refractivity contribution in [2.75, 3.05) is 40.3 Å². The second-order valence-electron chi connectivity index (χ2n) is 8.80. The smallest absolute Gasteiger partial charge is 0.191 e. The highest BCUT2D eigenvalue weighted by atomic mass is 127. The van der Waals surface area contributed by atoms with Crippen molar-refractivity contribution in [2.45, 2.75) is 46.3 Å². The van der Waals surface area contributed by atoms with Gasteiger partial charge in [-0.15, -0.1) is 24.0 Å². The number of hydrogen-bond donors (Lipinski definition) is 2. The molecular formula is C22H38FIN4O. The molecule has 5 nitrogen and oxygen atoms in total. The minimum atomic E-state index is -0.194. The lowest BCUT2D eigenvalue weighted by Gasteiger charge is -2.40. The van der Waals surface area contributed by atoms with Crippen LogP contribution in [-0.4, -0.2) is 57.3 Å². The van der Waals surface area contributed by atoms with Gasteiger partial charge in [0.25, 0.3) is 0 Å². The third-order valence-electron chi connectivity index (χ3n) is 5.21. The van der Waals surface area contributed by atoms with E-state index in [9.17, 15) is 4.39 Å². The Bertz CT molecular complexity index is 618. The average Bonchev–Trinajstić information content (AvgIpc) is 2.66. The zero-order chi connectivity index (χ0) is 20.6. The van der Waals surface area contributed by atoms with Gasteiger partial charge >= 0.3 is 0 Å². The number of rotatable bonds is 7. The van der Waals surface area contributed by atoms with Crippen molar-refractivity contribution < 1.29 is 9.13 Å². The van der Waals surface area contributed by atoms with Crippen LogP contribution >= 0.6 is 24.0 Å². The summed E-state index contributed by atoms with van der Waals surface area (Å²) in [5.74, 6) is 1.13. The third kappa shape index (κ3) is 9.17. The van der Waals surface area contributed by atoms with Crippen molar-refractivity contribution >= 4 is 29.9 Å². The third-order valence-corrected chi connectivity index (χ3v) is 5.21. The van der Waals surface area contributed by atoms with Gasteiger partial charge < -0.3 is 20.3 Å². The Morgan fingerprint density at radius 3 is 2.55 bits per heavy atom. The van der Waals surface area contributed by atoms with Gasteiger partial charge in [-0.2, -0.15) is 0 Å². The Balaban J connectivity index is 0.00000420. The molecule has 2 atom stereocenters. The van der Waals surface area contributed by atoms with Crippen molar-refractivity contribution in [1.82, 2.24) is 15.5 Å². The normalized spacial score (nSPS) is 20.3. The molecule has 1 heterocycles. The minimum Gasteiger partial charge on any atom is -0.377 e. The van der Waals surface area contributed by atoms with Gasteiger partial charge in [-0.1, -0.05) is 32.9 Å². The summed E-state index contributed by atoms with van der Waals surface area (Å²) < 4.78 is 19.1. The fraction of sp³-hybridized carbons (Fsp3) is 0.682. The van der Waals surface area contributed by atoms with Crippen LogP contribution in [-0.2, 0) is 11.3 Å². The molecule has 2 N–H and O–H groups in total. The van der Waals surface area contributed by atoms with Crippen molar-refractivity contribution in [3.63, 3.8) is 0 Å². The standard InChI is InChI=1S/C22H37FN4O.HI/c1-22(2,3)20-18(7-6-14-28-20)15-26-21(24-4)25-12-13-27(5)16-17-8-10-19(23)11-9-17;/h8-11,18,20H,6-7,12-16H2,1-5H3,(H2,24,25,26);1H. The van der Waals surface area contributed by atoms with E-state index in [-0.39, 0.29) is 41.3 Å². The van der Waals surface area contributed by atoms with Gasteiger partial charge in [-0.05, 0) is 43.0 Å². The van der Waals surface area contributed by atoms with Gasteiger partial charge in [-0.3, -0.25) is 4.99 Å². The summed E-state index contributed by atoms with van der Waals surface area (Å²) in [6.45, 7) is 10.9. The number of likely N-dealkylation sites (N-methyl/N-ethyl adjacent to an activating group) is 1. The number of halogens is 2. The van der Waals surface area contributed by atoms with E-state index < -0.39 is 0 Å². The predicted octanol–water partition coefficient (Wildman–Crippen LogP) is 3.88. The zero-order valence-electron chi connectivity index (χ0n) is 18.5. The molecule has 7 heteroatoms. The second-order valence-corrected chi connectivity index (χ2v) is 8.80. The molecule has 2 unspecified atom stereocenters. The number of benzene rings is 1. The summed E-state index contributed by atoms with van der Waals surface area (Å²) in [5.41, 5.74) is 1.25. The molecule has 1 aromatic carbocycles. The number of aliphatic imine (C=N–C) groups is 1. The summed E-state index contributed by atoms with van der Waals surface area (Å²) in [6.07, 6.45) is 2.58. The molecule has 0 saturated carbocycles. The highest BCUT2D eigenvalue weighted by Crippen LogP contribution is 2.33. The lowest BCUT2D eigenvalue weighted by molar-refractivity contribution is -0.0835. The molecule has 0 amide bonds. The first-order chi connectivity index (χ1) is 13.3. The first kappa shape index (κ1) is 26.1. The molecule has 166 valence electrons. The molecule has 0 bridgehead atoms. The lowest BCUT2D eigenvalue weighted by atomic mass is 9.78. The van der Waals surface area contributed by atoms with Gasteiger partial charge in [0.05, 0.1) is 6.10 Å². The summed E-state index contributed by atoms with van der Waals surface area (Å²) >= 11 is 0. The Kier molecular flexibility index (Phi) is 11.4. The van der Waals surface area contributed by atoms with Crippen LogP contribution in [0.2, 0.25) is 0 Å². The average molecular weight is 520 g/mol. The van der Waals surface area contributed by atoms with E-state index in [0.717, 1.165) is 50.7 Å². The van der Waals surface area contributed by atoms with Crippen molar-refractivity contribution in [2.24, 2.45) is 16.3 Å². The van der Waals surface area contributed by atoms with Gasteiger partial charge in [-0.25, -0.2) is 4.39 Å². The molecular weight excluding hydrogens is 482 g/mol. The summed E-state index contributed by atoms with van der Waals surface area (Å²) in [7, 11) is 3.87. The van der Waals surface area contributed by atoms with Gasteiger partial charge in [0.15, 0.2) is 5.96 Å². The predicted molar refractivity (Wildman–Crippen MR) is 129 cm³/mol. The van der Waals surface area contributed by atoms with Crippen molar-refractivity contribution in [3.8, 4) is 0 Å². The van der Waals surface area contributed by atoms with Crippen LogP contribution in [0.5, 0.6) is 0 Å². The maximum absolute atomic E-state index is 13.0. The topological polar surface area (TPSA) is 48.9 Å². The van der Waals surface area contributed by atoms with Crippen LogP contribution in [0.15, 0.2) is 29.3 Å². The fourth-order valence-corrected chi connectivity index (χ4v) is 3.80. The van der Waals surface area contributed by atoms with Gasteiger partial charge in [0, 0.05) is 45.8 Å². The van der Waals surface area contributed by atoms with E-state index in [0.29, 0.717) is 5.92 Å². The Labute approximate surface area is 192 Å². The molecule has 0 radical (unpaired) electrons. The molecule has 1 aromatic rings. The Morgan fingerprint density at radius 2 is 1.93 bits per heavy atom. The zero-order valence-corrected chi connectivity index (χ0v) is 20.8. The van der Waals surface area contributed by atoms with E-state index in [1.165, 1.54) is 18.6 Å². The number of guanidine groups is 1. The van der Waals surface area contributed by atoms with E-state index in [1.54, 1.807) is 7.05 Å². The lowest BCUT2D eigenvalue weighted by Crippen LogP contribution is -2.48. The molecule has 1 fully saturated rings. The molecule has 0 aromatic heterocycles. The van der Waals surface area contributed by atoms with E-state index in [1.807, 2.05) is 12.1 Å². The molecule has 1 aliphatic heterocycles. The largest absolute Gasteiger partial charge is 0.377 e. The van der Waals surface area contributed by atoms with Crippen LogP contribution in [0.25, 0.3) is 0 Å². The monoisotopic (exact) mass is 520 g/mol. The molecule has 29 heavy (non-hydrogen) atoms. The Hall–Kier alpha value is -0.930. The Morgan fingerprint density at radius 1 is 1.24 bits per heavy atom. The van der Waals surface area contributed by atoms with Crippen LogP contribution in [0.3, 0.4) is 0 Å². The van der Waals surface area contributed by atoms with Gasteiger partial charge in [0.2, 0.25) is 0 Å².